The molecular formula is C15H19N3. The maximum absolute atomic E-state index is 4.02. The second kappa shape index (κ2) is 5.54. The van der Waals surface area contributed by atoms with Gasteiger partial charge in [-0.05, 0) is 48.4 Å². The molecular weight excluding hydrogens is 222 g/mol. The number of rotatable bonds is 4. The Balaban J connectivity index is 2.06. The van der Waals surface area contributed by atoms with Gasteiger partial charge < -0.3 is 10.2 Å². The topological polar surface area (TPSA) is 28.2 Å². The van der Waals surface area contributed by atoms with Crippen LogP contribution in [-0.2, 0) is 6.54 Å². The van der Waals surface area contributed by atoms with E-state index >= 15 is 0 Å². The van der Waals surface area contributed by atoms with E-state index in [0.717, 1.165) is 6.54 Å². The van der Waals surface area contributed by atoms with Crippen molar-refractivity contribution in [3.8, 4) is 0 Å². The van der Waals surface area contributed by atoms with Gasteiger partial charge in [-0.15, -0.1) is 0 Å². The molecule has 3 nitrogen and oxygen atoms in total. The molecule has 1 aromatic heterocycles. The molecule has 0 aliphatic rings. The van der Waals surface area contributed by atoms with E-state index < -0.39 is 0 Å². The van der Waals surface area contributed by atoms with Gasteiger partial charge in [0, 0.05) is 44.4 Å². The van der Waals surface area contributed by atoms with Crippen LogP contribution in [-0.4, -0.2) is 19.1 Å². The largest absolute Gasteiger partial charge is 0.381 e. The molecule has 0 radical (unpaired) electrons. The van der Waals surface area contributed by atoms with Crippen molar-refractivity contribution in [3.63, 3.8) is 0 Å². The minimum Gasteiger partial charge on any atom is -0.381 e. The summed E-state index contributed by atoms with van der Waals surface area (Å²) in [6, 6.07) is 10.5. The zero-order valence-corrected chi connectivity index (χ0v) is 11.1. The highest BCUT2D eigenvalue weighted by Gasteiger charge is 2.01. The molecule has 0 amide bonds. The third-order valence-electron chi connectivity index (χ3n) is 2.96. The first-order chi connectivity index (χ1) is 8.66. The number of aryl methyl sites for hydroxylation is 1. The van der Waals surface area contributed by atoms with Crippen LogP contribution in [0, 0.1) is 6.92 Å². The Morgan fingerprint density at radius 2 is 1.83 bits per heavy atom. The average Bonchev–Trinajstić information content (AvgIpc) is 2.38. The fourth-order valence-corrected chi connectivity index (χ4v) is 1.82. The third kappa shape index (κ3) is 3.00. The van der Waals surface area contributed by atoms with Gasteiger partial charge in [0.25, 0.3) is 0 Å². The van der Waals surface area contributed by atoms with Crippen LogP contribution in [0.4, 0.5) is 11.4 Å². The van der Waals surface area contributed by atoms with Crippen LogP contribution in [0.3, 0.4) is 0 Å². The molecule has 3 heteroatoms. The highest BCUT2D eigenvalue weighted by molar-refractivity contribution is 5.59. The monoisotopic (exact) mass is 241 g/mol. The zero-order valence-electron chi connectivity index (χ0n) is 11.1. The van der Waals surface area contributed by atoms with Gasteiger partial charge >= 0.3 is 0 Å². The summed E-state index contributed by atoms with van der Waals surface area (Å²) in [5, 5.41) is 3.45. The molecule has 1 N–H and O–H groups in total. The number of hydrogen-bond donors (Lipinski definition) is 1. The molecule has 0 saturated carbocycles. The molecule has 0 atom stereocenters. The zero-order chi connectivity index (χ0) is 13.0. The molecule has 0 aliphatic carbocycles. The Hall–Kier alpha value is -2.03. The lowest BCUT2D eigenvalue weighted by Crippen LogP contribution is -2.09. The van der Waals surface area contributed by atoms with E-state index in [1.54, 1.807) is 0 Å². The summed E-state index contributed by atoms with van der Waals surface area (Å²) in [5.74, 6) is 0. The molecule has 1 heterocycles. The Kier molecular flexibility index (Phi) is 3.82. The van der Waals surface area contributed by atoms with Crippen LogP contribution >= 0.6 is 0 Å². The van der Waals surface area contributed by atoms with Crippen molar-refractivity contribution in [2.45, 2.75) is 13.5 Å². The molecule has 0 aliphatic heterocycles. The van der Waals surface area contributed by atoms with E-state index in [4.69, 9.17) is 0 Å². The van der Waals surface area contributed by atoms with Gasteiger partial charge in [-0.25, -0.2) is 0 Å². The van der Waals surface area contributed by atoms with Crippen molar-refractivity contribution in [3.05, 3.63) is 53.9 Å². The predicted octanol–water partition coefficient (Wildman–Crippen LogP) is 3.07. The highest BCUT2D eigenvalue weighted by Crippen LogP contribution is 2.21. The van der Waals surface area contributed by atoms with Crippen LogP contribution < -0.4 is 10.2 Å². The molecule has 0 bridgehead atoms. The van der Waals surface area contributed by atoms with Crippen molar-refractivity contribution in [1.29, 1.82) is 0 Å². The molecule has 0 saturated heterocycles. The summed E-state index contributed by atoms with van der Waals surface area (Å²) < 4.78 is 0. The molecule has 0 unspecified atom stereocenters. The Bertz CT molecular complexity index is 506. The number of hydrogen-bond acceptors (Lipinski definition) is 3. The minimum atomic E-state index is 0.824. The maximum Gasteiger partial charge on any atom is 0.0401 e. The van der Waals surface area contributed by atoms with Crippen LogP contribution in [0.2, 0.25) is 0 Å². The molecule has 94 valence electrons. The summed E-state index contributed by atoms with van der Waals surface area (Å²) in [6.45, 7) is 2.95. The van der Waals surface area contributed by atoms with Gasteiger partial charge in [0.2, 0.25) is 0 Å². The van der Waals surface area contributed by atoms with Crippen LogP contribution in [0.25, 0.3) is 0 Å². The third-order valence-corrected chi connectivity index (χ3v) is 2.96. The van der Waals surface area contributed by atoms with E-state index in [-0.39, 0.29) is 0 Å². The number of aromatic nitrogens is 1. The summed E-state index contributed by atoms with van der Waals surface area (Å²) in [5.41, 5.74) is 4.90. The molecule has 0 spiro atoms. The Morgan fingerprint density at radius 3 is 2.44 bits per heavy atom. The molecule has 18 heavy (non-hydrogen) atoms. The minimum absolute atomic E-state index is 0.824. The highest BCUT2D eigenvalue weighted by atomic mass is 15.1. The van der Waals surface area contributed by atoms with Crippen LogP contribution in [0.15, 0.2) is 42.7 Å². The Labute approximate surface area is 108 Å². The van der Waals surface area contributed by atoms with Gasteiger partial charge in [0.05, 0.1) is 0 Å². The first-order valence-electron chi connectivity index (χ1n) is 6.07. The summed E-state index contributed by atoms with van der Waals surface area (Å²) in [4.78, 5) is 6.13. The predicted molar refractivity (Wildman–Crippen MR) is 77.1 cm³/mol. The summed E-state index contributed by atoms with van der Waals surface area (Å²) in [6.07, 6.45) is 3.64. The van der Waals surface area contributed by atoms with Crippen molar-refractivity contribution in [2.24, 2.45) is 0 Å². The lowest BCUT2D eigenvalue weighted by Gasteiger charge is -2.16. The molecule has 2 rings (SSSR count). The van der Waals surface area contributed by atoms with Crippen molar-refractivity contribution < 1.29 is 0 Å². The van der Waals surface area contributed by atoms with E-state index in [9.17, 15) is 0 Å². The van der Waals surface area contributed by atoms with E-state index in [0.29, 0.717) is 0 Å². The van der Waals surface area contributed by atoms with Gasteiger partial charge in [-0.1, -0.05) is 0 Å². The first-order valence-corrected chi connectivity index (χ1v) is 6.07. The molecule has 0 fully saturated rings. The lowest BCUT2D eigenvalue weighted by atomic mass is 10.1. The molecule has 2 aromatic rings. The quantitative estimate of drug-likeness (QED) is 0.891. The smallest absolute Gasteiger partial charge is 0.0401 e. The average molecular weight is 241 g/mol. The van der Waals surface area contributed by atoms with Crippen LogP contribution in [0.5, 0.6) is 0 Å². The summed E-state index contributed by atoms with van der Waals surface area (Å²) >= 11 is 0. The van der Waals surface area contributed by atoms with Crippen molar-refractivity contribution in [1.82, 2.24) is 4.98 Å². The van der Waals surface area contributed by atoms with E-state index in [1.165, 1.54) is 22.5 Å². The normalized spacial score (nSPS) is 10.2. The summed E-state index contributed by atoms with van der Waals surface area (Å²) in [7, 11) is 4.11. The SMILES string of the molecule is Cc1cc(N(C)C)ccc1NCc1ccncc1. The second-order valence-corrected chi connectivity index (χ2v) is 4.60. The standard InChI is InChI=1S/C15H19N3/c1-12-10-14(18(2)3)4-5-15(12)17-11-13-6-8-16-9-7-13/h4-10,17H,11H2,1-3H3. The van der Waals surface area contributed by atoms with E-state index in [2.05, 4.69) is 54.4 Å². The van der Waals surface area contributed by atoms with Crippen molar-refractivity contribution >= 4 is 11.4 Å². The maximum atomic E-state index is 4.02. The number of pyridine rings is 1. The fourth-order valence-electron chi connectivity index (χ4n) is 1.82. The Morgan fingerprint density at radius 1 is 1.11 bits per heavy atom. The van der Waals surface area contributed by atoms with Crippen LogP contribution in [0.1, 0.15) is 11.1 Å². The van der Waals surface area contributed by atoms with Gasteiger partial charge in [0.15, 0.2) is 0 Å². The van der Waals surface area contributed by atoms with Gasteiger partial charge in [0.1, 0.15) is 0 Å². The number of benzene rings is 1. The number of nitrogens with zero attached hydrogens (tertiary/aromatic N) is 2. The fraction of sp³-hybridized carbons (Fsp3) is 0.267. The first kappa shape index (κ1) is 12.4. The van der Waals surface area contributed by atoms with E-state index in [1.807, 2.05) is 24.5 Å². The van der Waals surface area contributed by atoms with Gasteiger partial charge in [-0.2, -0.15) is 0 Å². The molecule has 1 aromatic carbocycles. The lowest BCUT2D eigenvalue weighted by molar-refractivity contribution is 1.11. The number of nitrogens with one attached hydrogen (secondary N) is 1. The van der Waals surface area contributed by atoms with Gasteiger partial charge in [-0.3, -0.25) is 4.98 Å². The van der Waals surface area contributed by atoms with Crippen molar-refractivity contribution in [2.75, 3.05) is 24.3 Å². The number of anilines is 2. The second-order valence-electron chi connectivity index (χ2n) is 4.60.